The van der Waals surface area contributed by atoms with E-state index in [4.69, 9.17) is 4.74 Å². The highest BCUT2D eigenvalue weighted by Gasteiger charge is 2.22. The zero-order valence-electron chi connectivity index (χ0n) is 10.1. The van der Waals surface area contributed by atoms with Gasteiger partial charge in [0.2, 0.25) is 11.5 Å². The third-order valence-electron chi connectivity index (χ3n) is 2.40. The lowest BCUT2D eigenvalue weighted by atomic mass is 10.3. The molecule has 2 rings (SSSR count). The van der Waals surface area contributed by atoms with Crippen molar-refractivity contribution in [2.24, 2.45) is 0 Å². The van der Waals surface area contributed by atoms with E-state index >= 15 is 0 Å². The summed E-state index contributed by atoms with van der Waals surface area (Å²) in [5.41, 5.74) is -0.542. The molecule has 110 valence electrons. The normalized spacial score (nSPS) is 10.4. The number of Topliss-reactive ketones (excluding diaryl/α,β-unsaturated/α-hetero) is 1. The van der Waals surface area contributed by atoms with E-state index in [-0.39, 0.29) is 22.6 Å². The van der Waals surface area contributed by atoms with Crippen molar-refractivity contribution in [3.63, 3.8) is 0 Å². The maximum atomic E-state index is 13.2. The fourth-order valence-corrected chi connectivity index (χ4v) is 3.58. The summed E-state index contributed by atoms with van der Waals surface area (Å²) >= 11 is 7.44. The molecule has 0 aliphatic carbocycles. The average molecular weight is 439 g/mol. The molecule has 0 spiro atoms. The van der Waals surface area contributed by atoms with Crippen molar-refractivity contribution < 1.29 is 18.8 Å². The van der Waals surface area contributed by atoms with Crippen LogP contribution in [0.2, 0.25) is 0 Å². The molecule has 0 radical (unpaired) electrons. The monoisotopic (exact) mass is 437 g/mol. The second-order valence-electron chi connectivity index (χ2n) is 3.80. The third kappa shape index (κ3) is 3.66. The minimum atomic E-state index is -0.770. The highest BCUT2D eigenvalue weighted by Crippen LogP contribution is 2.36. The fraction of sp³-hybridized carbons (Fsp3) is 0.0833. The van der Waals surface area contributed by atoms with Crippen LogP contribution in [-0.4, -0.2) is 17.3 Å². The molecule has 0 N–H and O–H groups in total. The zero-order valence-corrected chi connectivity index (χ0v) is 14.1. The largest absolute Gasteiger partial charge is 0.478 e. The lowest BCUT2D eigenvalue weighted by Crippen LogP contribution is -2.12. The number of carbonyl (C=O) groups excluding carboxylic acids is 1. The first-order chi connectivity index (χ1) is 9.90. The summed E-state index contributed by atoms with van der Waals surface area (Å²) in [6, 6.07) is 3.49. The molecule has 2 aromatic rings. The van der Waals surface area contributed by atoms with Gasteiger partial charge in [0, 0.05) is 4.47 Å². The second-order valence-corrected chi connectivity index (χ2v) is 6.43. The van der Waals surface area contributed by atoms with E-state index < -0.39 is 16.4 Å². The summed E-state index contributed by atoms with van der Waals surface area (Å²) in [5.74, 6) is -1.28. The number of rotatable bonds is 5. The molecule has 1 aromatic heterocycles. The predicted molar refractivity (Wildman–Crippen MR) is 82.6 cm³/mol. The van der Waals surface area contributed by atoms with E-state index in [1.807, 2.05) is 0 Å². The van der Waals surface area contributed by atoms with Crippen molar-refractivity contribution in [1.29, 1.82) is 0 Å². The number of nitro benzene ring substituents is 1. The third-order valence-corrected chi connectivity index (χ3v) is 4.87. The summed E-state index contributed by atoms with van der Waals surface area (Å²) in [7, 11) is 0. The van der Waals surface area contributed by atoms with E-state index in [9.17, 15) is 19.3 Å². The summed E-state index contributed by atoms with van der Waals surface area (Å²) in [6.45, 7) is -0.385. The summed E-state index contributed by atoms with van der Waals surface area (Å²) < 4.78 is 19.1. The Hall–Kier alpha value is -1.32. The number of ketones is 1. The van der Waals surface area contributed by atoms with Gasteiger partial charge < -0.3 is 4.74 Å². The molecule has 5 nitrogen and oxygen atoms in total. The van der Waals surface area contributed by atoms with E-state index in [1.54, 1.807) is 11.4 Å². The fourth-order valence-electron chi connectivity index (χ4n) is 1.52. The van der Waals surface area contributed by atoms with Gasteiger partial charge in [0.25, 0.3) is 0 Å². The number of hydrogen-bond donors (Lipinski definition) is 0. The Bertz CT molecular complexity index is 719. The summed E-state index contributed by atoms with van der Waals surface area (Å²) in [4.78, 5) is 22.5. The van der Waals surface area contributed by atoms with Crippen LogP contribution >= 0.6 is 43.2 Å². The van der Waals surface area contributed by atoms with Crippen molar-refractivity contribution >= 4 is 54.7 Å². The van der Waals surface area contributed by atoms with Crippen molar-refractivity contribution in [2.45, 2.75) is 0 Å². The number of hydrogen-bond acceptors (Lipinski definition) is 5. The van der Waals surface area contributed by atoms with E-state index in [0.29, 0.717) is 9.35 Å². The van der Waals surface area contributed by atoms with Crippen LogP contribution in [0, 0.1) is 15.9 Å². The number of ether oxygens (including phenoxy) is 1. The number of carbonyl (C=O) groups is 1. The highest BCUT2D eigenvalue weighted by atomic mass is 79.9. The predicted octanol–water partition coefficient (Wildman–Crippen LogP) is 4.58. The number of halogens is 3. The Morgan fingerprint density at radius 3 is 2.67 bits per heavy atom. The molecule has 0 bridgehead atoms. The Labute approximate surface area is 139 Å². The minimum absolute atomic E-state index is 0.0762. The lowest BCUT2D eigenvalue weighted by molar-refractivity contribution is -0.386. The van der Waals surface area contributed by atoms with Crippen LogP contribution in [0.15, 0.2) is 32.5 Å². The molecule has 0 atom stereocenters. The van der Waals surface area contributed by atoms with E-state index in [2.05, 4.69) is 31.9 Å². The first-order valence-electron chi connectivity index (χ1n) is 5.42. The molecule has 1 aromatic carbocycles. The molecule has 0 unspecified atom stereocenters. The summed E-state index contributed by atoms with van der Waals surface area (Å²) in [5, 5.41) is 12.6. The van der Waals surface area contributed by atoms with Crippen molar-refractivity contribution in [3.8, 4) is 5.75 Å². The van der Waals surface area contributed by atoms with Crippen LogP contribution < -0.4 is 4.74 Å². The molecular formula is C12H6Br2FNO4S. The molecule has 0 aliphatic rings. The van der Waals surface area contributed by atoms with E-state index in [0.717, 1.165) is 12.1 Å². The molecule has 0 saturated heterocycles. The van der Waals surface area contributed by atoms with Crippen molar-refractivity contribution in [1.82, 2.24) is 0 Å². The average Bonchev–Trinajstić information content (AvgIpc) is 2.82. The van der Waals surface area contributed by atoms with E-state index in [1.165, 1.54) is 11.3 Å². The number of nitro groups is 1. The SMILES string of the molecule is O=C(COc1c(Br)cc(F)cc1[N+](=O)[O-])c1sccc1Br. The standard InChI is InChI=1S/C12H6Br2FNO4S/c13-7-1-2-21-12(7)10(17)5-20-11-8(14)3-6(15)4-9(11)16(18)19/h1-4H,5H2. The number of thiophene rings is 1. The van der Waals surface area contributed by atoms with Crippen LogP contribution in [0.25, 0.3) is 0 Å². The lowest BCUT2D eigenvalue weighted by Gasteiger charge is -2.08. The first-order valence-corrected chi connectivity index (χ1v) is 7.89. The van der Waals surface area contributed by atoms with Crippen LogP contribution in [0.4, 0.5) is 10.1 Å². The Morgan fingerprint density at radius 2 is 2.10 bits per heavy atom. The minimum Gasteiger partial charge on any atom is -0.478 e. The molecule has 9 heteroatoms. The van der Waals surface area contributed by atoms with Crippen molar-refractivity contribution in [2.75, 3.05) is 6.61 Å². The molecule has 0 saturated carbocycles. The molecular weight excluding hydrogens is 433 g/mol. The smallest absolute Gasteiger partial charge is 0.315 e. The van der Waals surface area contributed by atoms with Gasteiger partial charge >= 0.3 is 5.69 Å². The van der Waals surface area contributed by atoms with Gasteiger partial charge in [-0.2, -0.15) is 0 Å². The maximum absolute atomic E-state index is 13.2. The second kappa shape index (κ2) is 6.63. The van der Waals surface area contributed by atoms with Gasteiger partial charge in [-0.25, -0.2) is 4.39 Å². The van der Waals surface area contributed by atoms with Gasteiger partial charge in [0.1, 0.15) is 5.82 Å². The number of benzene rings is 1. The van der Waals surface area contributed by atoms with Gasteiger partial charge in [-0.15, -0.1) is 11.3 Å². The van der Waals surface area contributed by atoms with Gasteiger partial charge in [0.15, 0.2) is 6.61 Å². The zero-order chi connectivity index (χ0) is 15.6. The van der Waals surface area contributed by atoms with Gasteiger partial charge in [-0.05, 0) is 49.4 Å². The molecule has 0 aliphatic heterocycles. The Kier molecular flexibility index (Phi) is 5.07. The molecule has 0 fully saturated rings. The van der Waals surface area contributed by atoms with Crippen molar-refractivity contribution in [3.05, 3.63) is 53.3 Å². The van der Waals surface area contributed by atoms with Crippen LogP contribution in [0.3, 0.4) is 0 Å². The topological polar surface area (TPSA) is 69.4 Å². The summed E-state index contributed by atoms with van der Waals surface area (Å²) in [6.07, 6.45) is 0. The van der Waals surface area contributed by atoms with Crippen LogP contribution in [0.1, 0.15) is 9.67 Å². The van der Waals surface area contributed by atoms with Gasteiger partial charge in [0.05, 0.1) is 20.3 Å². The molecule has 0 amide bonds. The molecule has 21 heavy (non-hydrogen) atoms. The van der Waals surface area contributed by atoms with Gasteiger partial charge in [-0.1, -0.05) is 0 Å². The maximum Gasteiger partial charge on any atom is 0.315 e. The van der Waals surface area contributed by atoms with Crippen LogP contribution in [-0.2, 0) is 0 Å². The number of nitrogens with zero attached hydrogens (tertiary/aromatic N) is 1. The van der Waals surface area contributed by atoms with Gasteiger partial charge in [-0.3, -0.25) is 14.9 Å². The quantitative estimate of drug-likeness (QED) is 0.389. The highest BCUT2D eigenvalue weighted by molar-refractivity contribution is 9.11. The first kappa shape index (κ1) is 16.1. The Balaban J connectivity index is 2.22. The Morgan fingerprint density at radius 1 is 1.38 bits per heavy atom. The van der Waals surface area contributed by atoms with Crippen LogP contribution in [0.5, 0.6) is 5.75 Å². The molecule has 1 heterocycles.